The molecule has 0 bridgehead atoms. The zero-order valence-electron chi connectivity index (χ0n) is 3.60. The minimum Gasteiger partial charge on any atom is -0.271 e. The highest BCUT2D eigenvalue weighted by atomic mass is 36.0. The molecular weight excluding hydrogens is 192 g/mol. The Balaban J connectivity index is 3.70. The molecule has 6 heteroatoms. The second-order valence-corrected chi connectivity index (χ2v) is 3.89. The van der Waals surface area contributed by atoms with Crippen molar-refractivity contribution < 1.29 is 4.79 Å². The molecule has 0 saturated heterocycles. The summed E-state index contributed by atoms with van der Waals surface area (Å²) in [5.74, 6) is -0.650. The fourth-order valence-electron chi connectivity index (χ4n) is 0.101. The molecule has 0 unspecified atom stereocenters. The first-order valence-corrected chi connectivity index (χ1v) is 4.91. The van der Waals surface area contributed by atoms with E-state index < -0.39 is 15.0 Å². The molecule has 48 valence electrons. The lowest BCUT2D eigenvalue weighted by atomic mass is 10.8. The molecule has 0 N–H and O–H groups in total. The molecule has 2 nitrogen and oxygen atoms in total. The molecular formula is C2H2Cl3NOS. The first kappa shape index (κ1) is 8.69. The highest BCUT2D eigenvalue weighted by Gasteiger charge is 1.93. The van der Waals surface area contributed by atoms with Gasteiger partial charge in [0.25, 0.3) is 5.91 Å². The number of alkyl halides is 1. The molecule has 0 atom stereocenters. The highest BCUT2D eigenvalue weighted by Crippen LogP contribution is 2.00. The Morgan fingerprint density at radius 1 is 1.62 bits per heavy atom. The molecule has 0 radical (unpaired) electrons. The summed E-state index contributed by atoms with van der Waals surface area (Å²) < 4.78 is 3.18. The van der Waals surface area contributed by atoms with Crippen LogP contribution >= 0.6 is 33.0 Å². The largest absolute Gasteiger partial charge is 0.271 e. The summed E-state index contributed by atoms with van der Waals surface area (Å²) >= 11 is 5.04. The Kier molecular flexibility index (Phi) is 4.95. The average molecular weight is 194 g/mol. The lowest BCUT2D eigenvalue weighted by Gasteiger charge is -1.80. The molecule has 0 aromatic rings. The molecule has 8 heavy (non-hydrogen) atoms. The van der Waals surface area contributed by atoms with Crippen LogP contribution in [0.3, 0.4) is 0 Å². The number of amides is 1. The highest BCUT2D eigenvalue weighted by molar-refractivity contribution is 8.28. The van der Waals surface area contributed by atoms with E-state index in [9.17, 15) is 4.79 Å². The van der Waals surface area contributed by atoms with Crippen LogP contribution in [0, 0.1) is 0 Å². The zero-order chi connectivity index (χ0) is 6.57. The van der Waals surface area contributed by atoms with Crippen molar-refractivity contribution in [1.82, 2.24) is 0 Å². The maximum absolute atomic E-state index is 10.2. The van der Waals surface area contributed by atoms with Crippen LogP contribution in [0.4, 0.5) is 0 Å². The van der Waals surface area contributed by atoms with Gasteiger partial charge >= 0.3 is 0 Å². The summed E-state index contributed by atoms with van der Waals surface area (Å²) in [6.45, 7) is 0. The van der Waals surface area contributed by atoms with E-state index in [2.05, 4.69) is 4.36 Å². The van der Waals surface area contributed by atoms with Crippen molar-refractivity contribution in [3.8, 4) is 0 Å². The van der Waals surface area contributed by atoms with E-state index in [0.717, 1.165) is 0 Å². The van der Waals surface area contributed by atoms with Gasteiger partial charge in [-0.2, -0.15) is 4.36 Å². The second-order valence-electron chi connectivity index (χ2n) is 0.815. The van der Waals surface area contributed by atoms with Crippen LogP contribution < -0.4 is 0 Å². The van der Waals surface area contributed by atoms with E-state index in [-0.39, 0.29) is 5.88 Å². The third-order valence-electron chi connectivity index (χ3n) is 0.285. The number of carbonyl (C=O) groups excluding carboxylic acids is 1. The van der Waals surface area contributed by atoms with Crippen molar-refractivity contribution in [3.63, 3.8) is 0 Å². The van der Waals surface area contributed by atoms with Crippen molar-refractivity contribution in [3.05, 3.63) is 0 Å². The molecule has 0 rings (SSSR count). The summed E-state index contributed by atoms with van der Waals surface area (Å²) in [4.78, 5) is 10.2. The Morgan fingerprint density at radius 2 is 2.12 bits per heavy atom. The maximum atomic E-state index is 10.2. The van der Waals surface area contributed by atoms with Crippen LogP contribution in [0.25, 0.3) is 0 Å². The van der Waals surface area contributed by atoms with Crippen molar-refractivity contribution in [2.45, 2.75) is 0 Å². The quantitative estimate of drug-likeness (QED) is 0.586. The van der Waals surface area contributed by atoms with Gasteiger partial charge in [-0.25, -0.2) is 0 Å². The molecule has 1 amide bonds. The fourth-order valence-corrected chi connectivity index (χ4v) is 0.912. The van der Waals surface area contributed by atoms with Crippen molar-refractivity contribution in [1.29, 1.82) is 0 Å². The molecule has 0 aromatic heterocycles. The van der Waals surface area contributed by atoms with Gasteiger partial charge in [0.2, 0.25) is 0 Å². The first-order chi connectivity index (χ1) is 3.66. The number of hydrogen-bond acceptors (Lipinski definition) is 1. The minimum atomic E-state index is -1.21. The van der Waals surface area contributed by atoms with Gasteiger partial charge in [-0.05, 0) is 21.4 Å². The lowest BCUT2D eigenvalue weighted by Crippen LogP contribution is -1.91. The van der Waals surface area contributed by atoms with E-state index in [1.165, 1.54) is 0 Å². The van der Waals surface area contributed by atoms with Crippen LogP contribution in [-0.4, -0.2) is 11.8 Å². The van der Waals surface area contributed by atoms with Gasteiger partial charge in [-0.3, -0.25) is 4.79 Å². The molecule has 0 aliphatic rings. The predicted molar refractivity (Wildman–Crippen MR) is 37.2 cm³/mol. The topological polar surface area (TPSA) is 29.4 Å². The van der Waals surface area contributed by atoms with Gasteiger partial charge in [0.1, 0.15) is 5.88 Å². The molecule has 0 aromatic carbocycles. The number of hydrogen-bond donors (Lipinski definition) is 0. The summed E-state index contributed by atoms with van der Waals surface area (Å²) in [6, 6.07) is 0. The zero-order valence-corrected chi connectivity index (χ0v) is 6.69. The Bertz CT molecular complexity index is 120. The van der Waals surface area contributed by atoms with Crippen molar-refractivity contribution in [2.24, 2.45) is 4.36 Å². The third-order valence-corrected chi connectivity index (χ3v) is 1.27. The standard InChI is InChI=1S/C2H2Cl3NOS/c3-1-2(7)6-8(4)5/h1H2. The van der Waals surface area contributed by atoms with Crippen molar-refractivity contribution >= 4 is 48.0 Å². The molecule has 0 fully saturated rings. The van der Waals surface area contributed by atoms with E-state index in [1.54, 1.807) is 0 Å². The molecule has 0 heterocycles. The smallest absolute Gasteiger partial charge is 0.268 e. The van der Waals surface area contributed by atoms with Crippen LogP contribution in [0.1, 0.15) is 0 Å². The normalized spacial score (nSPS) is 9.50. The van der Waals surface area contributed by atoms with E-state index >= 15 is 0 Å². The van der Waals surface area contributed by atoms with Gasteiger partial charge in [0.05, 0.1) is 9.12 Å². The van der Waals surface area contributed by atoms with Gasteiger partial charge in [0.15, 0.2) is 0 Å². The first-order valence-electron chi connectivity index (χ1n) is 1.54. The van der Waals surface area contributed by atoms with E-state index in [1.807, 2.05) is 0 Å². The molecule has 0 spiro atoms. The average Bonchev–Trinajstić information content (AvgIpc) is 1.65. The maximum Gasteiger partial charge on any atom is 0.268 e. The number of halogens is 3. The van der Waals surface area contributed by atoms with E-state index in [0.29, 0.717) is 0 Å². The minimum absolute atomic E-state index is 0.164. The third kappa shape index (κ3) is 4.84. The van der Waals surface area contributed by atoms with Crippen LogP contribution in [0.5, 0.6) is 0 Å². The number of carbonyl (C=O) groups is 1. The molecule has 0 saturated carbocycles. The van der Waals surface area contributed by atoms with Crippen molar-refractivity contribution in [2.75, 3.05) is 5.88 Å². The summed E-state index contributed by atoms with van der Waals surface area (Å²) in [5.41, 5.74) is 0. The Labute approximate surface area is 63.2 Å². The van der Waals surface area contributed by atoms with E-state index in [4.69, 9.17) is 33.0 Å². The summed E-state index contributed by atoms with van der Waals surface area (Å²) in [6.07, 6.45) is 0. The lowest BCUT2D eigenvalue weighted by molar-refractivity contribution is -0.115. The van der Waals surface area contributed by atoms with Gasteiger partial charge in [-0.1, -0.05) is 0 Å². The molecule has 0 aliphatic carbocycles. The van der Waals surface area contributed by atoms with Gasteiger partial charge < -0.3 is 0 Å². The van der Waals surface area contributed by atoms with Crippen LogP contribution in [-0.2, 0) is 13.9 Å². The Hall–Kier alpha value is 0.690. The summed E-state index contributed by atoms with van der Waals surface area (Å²) in [7, 11) is 8.99. The second kappa shape index (κ2) is 4.56. The SMILES string of the molecule is O=C(CCl)N=S(Cl)Cl. The van der Waals surface area contributed by atoms with Crippen LogP contribution in [0.15, 0.2) is 4.36 Å². The predicted octanol–water partition coefficient (Wildman–Crippen LogP) is 1.86. The fraction of sp³-hybridized carbons (Fsp3) is 0.500. The monoisotopic (exact) mass is 193 g/mol. The van der Waals surface area contributed by atoms with Gasteiger partial charge in [0, 0.05) is 0 Å². The summed E-state index contributed by atoms with van der Waals surface area (Å²) in [5, 5.41) is 0. The molecule has 0 aliphatic heterocycles. The Morgan fingerprint density at radius 3 is 2.25 bits per heavy atom. The number of nitrogens with zero attached hydrogens (tertiary/aromatic N) is 1. The van der Waals surface area contributed by atoms with Crippen LogP contribution in [0.2, 0.25) is 0 Å². The van der Waals surface area contributed by atoms with Gasteiger partial charge in [-0.15, -0.1) is 11.6 Å². The number of rotatable bonds is 1.